The number of pyridine rings is 1. The van der Waals surface area contributed by atoms with E-state index in [0.29, 0.717) is 32.9 Å². The van der Waals surface area contributed by atoms with Crippen molar-refractivity contribution in [1.29, 1.82) is 0 Å². The van der Waals surface area contributed by atoms with Crippen molar-refractivity contribution in [3.8, 4) is 5.75 Å². The number of carbonyl (C=O) groups excluding carboxylic acids is 1. The summed E-state index contributed by atoms with van der Waals surface area (Å²) in [6.45, 7) is 4.01. The molecule has 2 heterocycles. The normalized spacial score (nSPS) is 17.5. The number of rotatable bonds is 4. The molecule has 1 aromatic carbocycles. The average molecular weight is 372 g/mol. The lowest BCUT2D eigenvalue weighted by Gasteiger charge is -2.12. The molecular weight excluding hydrogens is 358 g/mol. The van der Waals surface area contributed by atoms with Crippen LogP contribution in [0.15, 0.2) is 65.3 Å². The van der Waals surface area contributed by atoms with Gasteiger partial charge in [0.05, 0.1) is 15.6 Å². The smallest absolute Gasteiger partial charge is 0.267 e. The number of aromatic hydroxyl groups is 1. The van der Waals surface area contributed by atoms with E-state index in [2.05, 4.69) is 16.6 Å². The van der Waals surface area contributed by atoms with E-state index < -0.39 is 0 Å². The highest BCUT2D eigenvalue weighted by atomic mass is 35.5. The first-order valence-electron chi connectivity index (χ1n) is 7.38. The van der Waals surface area contributed by atoms with E-state index in [0.717, 1.165) is 0 Å². The van der Waals surface area contributed by atoms with Crippen LogP contribution < -0.4 is 0 Å². The van der Waals surface area contributed by atoms with Crippen molar-refractivity contribution in [1.82, 2.24) is 9.88 Å². The number of amides is 1. The lowest BCUT2D eigenvalue weighted by molar-refractivity contribution is -0.121. The lowest BCUT2D eigenvalue weighted by atomic mass is 10.2. The number of aliphatic imine (C=N–C) groups is 1. The van der Waals surface area contributed by atoms with Crippen LogP contribution in [0.2, 0.25) is 5.02 Å². The summed E-state index contributed by atoms with van der Waals surface area (Å²) in [4.78, 5) is 23.1. The van der Waals surface area contributed by atoms with Crippen molar-refractivity contribution in [2.75, 3.05) is 6.54 Å². The fourth-order valence-corrected chi connectivity index (χ4v) is 3.35. The molecule has 7 heteroatoms. The predicted molar refractivity (Wildman–Crippen MR) is 102 cm³/mol. The number of aromatic nitrogens is 1. The first-order valence-corrected chi connectivity index (χ1v) is 8.58. The fraction of sp³-hybridized carbons (Fsp3) is 0.0556. The molecule has 1 fully saturated rings. The molecule has 2 aromatic rings. The minimum atomic E-state index is -0.197. The van der Waals surface area contributed by atoms with E-state index in [1.54, 1.807) is 48.7 Å². The summed E-state index contributed by atoms with van der Waals surface area (Å²) in [5, 5.41) is 10.8. The van der Waals surface area contributed by atoms with E-state index in [-0.39, 0.29) is 11.7 Å². The van der Waals surface area contributed by atoms with E-state index in [9.17, 15) is 9.90 Å². The molecule has 0 aliphatic carbocycles. The van der Waals surface area contributed by atoms with Crippen LogP contribution in [0, 0.1) is 0 Å². The summed E-state index contributed by atoms with van der Waals surface area (Å²) in [5.41, 5.74) is 1.10. The highest BCUT2D eigenvalue weighted by Crippen LogP contribution is 2.36. The minimum absolute atomic E-state index is 0.112. The average Bonchev–Trinajstić information content (AvgIpc) is 2.88. The summed E-state index contributed by atoms with van der Waals surface area (Å²) in [7, 11) is 0. The van der Waals surface area contributed by atoms with E-state index in [1.165, 1.54) is 22.9 Å². The van der Waals surface area contributed by atoms with Gasteiger partial charge >= 0.3 is 0 Å². The van der Waals surface area contributed by atoms with E-state index in [1.807, 2.05) is 0 Å². The van der Waals surface area contributed by atoms with Gasteiger partial charge in [0.1, 0.15) is 5.75 Å². The molecule has 3 rings (SSSR count). The van der Waals surface area contributed by atoms with Gasteiger partial charge in [-0.3, -0.25) is 14.7 Å². The van der Waals surface area contributed by atoms with Gasteiger partial charge in [-0.2, -0.15) is 0 Å². The minimum Gasteiger partial charge on any atom is -0.507 e. The molecule has 1 aromatic heterocycles. The van der Waals surface area contributed by atoms with Crippen molar-refractivity contribution in [3.63, 3.8) is 0 Å². The van der Waals surface area contributed by atoms with Gasteiger partial charge in [-0.15, -0.1) is 6.58 Å². The maximum atomic E-state index is 12.7. The van der Waals surface area contributed by atoms with E-state index >= 15 is 0 Å². The molecule has 1 amide bonds. The summed E-state index contributed by atoms with van der Waals surface area (Å²) in [5.74, 6) is -0.0849. The quantitative estimate of drug-likeness (QED) is 0.645. The number of halogens is 1. The van der Waals surface area contributed by atoms with Crippen molar-refractivity contribution in [3.05, 3.63) is 70.9 Å². The Morgan fingerprint density at radius 1 is 1.36 bits per heavy atom. The van der Waals surface area contributed by atoms with Gasteiger partial charge in [0, 0.05) is 24.5 Å². The second kappa shape index (κ2) is 7.55. The summed E-state index contributed by atoms with van der Waals surface area (Å²) in [6, 6.07) is 8.51. The Morgan fingerprint density at radius 3 is 2.88 bits per heavy atom. The molecule has 0 atom stereocenters. The molecule has 0 spiro atoms. The monoisotopic (exact) mass is 371 g/mol. The molecular formula is C18H14ClN3O2S. The highest BCUT2D eigenvalue weighted by Gasteiger charge is 2.32. The van der Waals surface area contributed by atoms with Crippen molar-refractivity contribution < 1.29 is 9.90 Å². The number of nitrogens with zero attached hydrogens (tertiary/aromatic N) is 3. The fourth-order valence-electron chi connectivity index (χ4n) is 2.19. The third-order valence-corrected chi connectivity index (χ3v) is 4.69. The largest absolute Gasteiger partial charge is 0.507 e. The van der Waals surface area contributed by atoms with Gasteiger partial charge in [0.15, 0.2) is 5.17 Å². The van der Waals surface area contributed by atoms with Crippen molar-refractivity contribution in [2.45, 2.75) is 0 Å². The number of hydrogen-bond donors (Lipinski definition) is 1. The molecule has 126 valence electrons. The maximum Gasteiger partial charge on any atom is 0.267 e. The number of thioether (sulfide) groups is 1. The maximum absolute atomic E-state index is 12.7. The summed E-state index contributed by atoms with van der Waals surface area (Å²) >= 11 is 7.32. The van der Waals surface area contributed by atoms with Gasteiger partial charge in [-0.25, -0.2) is 4.99 Å². The van der Waals surface area contributed by atoms with Crippen molar-refractivity contribution >= 4 is 46.2 Å². The number of phenolic OH excluding ortho intramolecular Hbond substituents is 1. The Morgan fingerprint density at radius 2 is 2.16 bits per heavy atom. The first-order chi connectivity index (χ1) is 12.1. The van der Waals surface area contributed by atoms with Gasteiger partial charge in [0.2, 0.25) is 0 Å². The molecule has 1 aliphatic heterocycles. The van der Waals surface area contributed by atoms with Crippen LogP contribution >= 0.6 is 23.4 Å². The Balaban J connectivity index is 2.00. The van der Waals surface area contributed by atoms with Gasteiger partial charge in [-0.05, 0) is 30.0 Å². The molecule has 1 saturated heterocycles. The molecule has 0 bridgehead atoms. The van der Waals surface area contributed by atoms with E-state index in [4.69, 9.17) is 11.6 Å². The second-order valence-electron chi connectivity index (χ2n) is 5.10. The number of para-hydroxylation sites is 1. The number of phenols is 1. The molecule has 5 nitrogen and oxygen atoms in total. The molecule has 1 aliphatic rings. The molecule has 0 saturated carbocycles. The van der Waals surface area contributed by atoms with Crippen LogP contribution in [0.25, 0.3) is 6.08 Å². The SMILES string of the molecule is C=CCN1C(=O)/C(=C/c2ccccc2O)SC1=Nc1ccncc1Cl. The molecule has 0 unspecified atom stereocenters. The molecule has 1 N–H and O–H groups in total. The first kappa shape index (κ1) is 17.3. The Kier molecular flexibility index (Phi) is 5.21. The number of hydrogen-bond acceptors (Lipinski definition) is 5. The lowest BCUT2D eigenvalue weighted by Crippen LogP contribution is -2.29. The molecule has 25 heavy (non-hydrogen) atoms. The van der Waals surface area contributed by atoms with Crippen LogP contribution in [-0.2, 0) is 4.79 Å². The Hall–Kier alpha value is -2.57. The highest BCUT2D eigenvalue weighted by molar-refractivity contribution is 8.18. The van der Waals surface area contributed by atoms with Gasteiger partial charge < -0.3 is 5.11 Å². The standard InChI is InChI=1S/C18H14ClN3O2S/c1-2-9-22-17(24)16(10-12-5-3-4-6-15(12)23)25-18(22)21-14-7-8-20-11-13(14)19/h2-8,10-11,23H,1,9H2/b16-10-,21-18?. The topological polar surface area (TPSA) is 65.8 Å². The van der Waals surface area contributed by atoms with Gasteiger partial charge in [0.25, 0.3) is 5.91 Å². The number of carbonyl (C=O) groups is 1. The zero-order valence-electron chi connectivity index (χ0n) is 13.1. The zero-order chi connectivity index (χ0) is 17.8. The Bertz CT molecular complexity index is 895. The molecule has 0 radical (unpaired) electrons. The third kappa shape index (κ3) is 3.75. The van der Waals surface area contributed by atoms with Crippen molar-refractivity contribution in [2.24, 2.45) is 4.99 Å². The van der Waals surface area contributed by atoms with Crippen LogP contribution in [-0.4, -0.2) is 32.6 Å². The summed E-state index contributed by atoms with van der Waals surface area (Å²) in [6.07, 6.45) is 6.36. The number of benzene rings is 1. The second-order valence-corrected chi connectivity index (χ2v) is 6.51. The van der Waals surface area contributed by atoms with Crippen LogP contribution in [0.3, 0.4) is 0 Å². The zero-order valence-corrected chi connectivity index (χ0v) is 14.7. The Labute approximate surface area is 154 Å². The number of amidine groups is 1. The third-order valence-electron chi connectivity index (χ3n) is 3.39. The van der Waals surface area contributed by atoms with Crippen LogP contribution in [0.1, 0.15) is 5.56 Å². The van der Waals surface area contributed by atoms with Crippen LogP contribution in [0.4, 0.5) is 5.69 Å². The predicted octanol–water partition coefficient (Wildman–Crippen LogP) is 4.23. The van der Waals surface area contributed by atoms with Crippen LogP contribution in [0.5, 0.6) is 5.75 Å². The van der Waals surface area contributed by atoms with Gasteiger partial charge in [-0.1, -0.05) is 35.9 Å². The summed E-state index contributed by atoms with van der Waals surface area (Å²) < 4.78 is 0.